The zero-order valence-corrected chi connectivity index (χ0v) is 18.5. The Labute approximate surface area is 171 Å². The van der Waals surface area contributed by atoms with Gasteiger partial charge in [0.25, 0.3) is 0 Å². The van der Waals surface area contributed by atoms with E-state index in [1.54, 1.807) is 0 Å². The largest absolute Gasteiger partial charge is 0.376 e. The van der Waals surface area contributed by atoms with Crippen LogP contribution >= 0.6 is 12.2 Å². The van der Waals surface area contributed by atoms with Crippen molar-refractivity contribution in [3.63, 3.8) is 0 Å². The molecular weight excluding hydrogens is 354 g/mol. The zero-order valence-electron chi connectivity index (χ0n) is 17.7. The summed E-state index contributed by atoms with van der Waals surface area (Å²) < 4.78 is 5.93. The van der Waals surface area contributed by atoms with Gasteiger partial charge in [0.05, 0.1) is 6.10 Å². The summed E-state index contributed by atoms with van der Waals surface area (Å²) >= 11 is 5.93. The van der Waals surface area contributed by atoms with Crippen molar-refractivity contribution >= 4 is 17.3 Å². The van der Waals surface area contributed by atoms with E-state index in [0.717, 1.165) is 44.1 Å². The van der Waals surface area contributed by atoms with Gasteiger partial charge in [-0.2, -0.15) is 0 Å². The van der Waals surface area contributed by atoms with Gasteiger partial charge in [-0.1, -0.05) is 12.2 Å². The zero-order chi connectivity index (χ0) is 19.5. The van der Waals surface area contributed by atoms with Crippen molar-refractivity contribution < 1.29 is 4.74 Å². The van der Waals surface area contributed by atoms with Gasteiger partial charge in [0.15, 0.2) is 5.11 Å². The minimum absolute atomic E-state index is 0.128. The van der Waals surface area contributed by atoms with Crippen LogP contribution in [0.2, 0.25) is 0 Å². The van der Waals surface area contributed by atoms with Crippen LogP contribution in [0, 0.1) is 5.92 Å². The minimum atomic E-state index is 0.128. The molecule has 0 bridgehead atoms. The molecule has 4 nitrogen and oxygen atoms in total. The van der Waals surface area contributed by atoms with E-state index in [-0.39, 0.29) is 11.1 Å². The lowest BCUT2D eigenvalue weighted by atomic mass is 9.80. The third-order valence-electron chi connectivity index (χ3n) is 6.11. The van der Waals surface area contributed by atoms with Crippen molar-refractivity contribution in [2.75, 3.05) is 19.7 Å². The average molecular weight is 394 g/mol. The van der Waals surface area contributed by atoms with E-state index < -0.39 is 0 Å². The second kappa shape index (κ2) is 8.79. The van der Waals surface area contributed by atoms with E-state index in [9.17, 15) is 0 Å². The van der Waals surface area contributed by atoms with E-state index >= 15 is 0 Å². The molecule has 3 aliphatic rings. The molecule has 0 saturated carbocycles. The minimum Gasteiger partial charge on any atom is -0.376 e. The predicted octanol–water partition coefficient (Wildman–Crippen LogP) is 4.01. The standard InChI is InChI=1S/C22H39N3OS/c1-21(2)13-18(14-22(3,4)24-21)23-20(27)25(16-19-11-8-12-26-19)15-17-9-6-5-7-10-17/h5-6,17-19,24H,7-16H2,1-4H3,(H,23,27)/t17-,19-/m0/s1. The van der Waals surface area contributed by atoms with Gasteiger partial charge in [-0.25, -0.2) is 0 Å². The summed E-state index contributed by atoms with van der Waals surface area (Å²) in [4.78, 5) is 2.41. The molecule has 154 valence electrons. The summed E-state index contributed by atoms with van der Waals surface area (Å²) in [5.74, 6) is 0.706. The maximum Gasteiger partial charge on any atom is 0.169 e. The number of piperidine rings is 1. The lowest BCUT2D eigenvalue weighted by Gasteiger charge is -2.47. The van der Waals surface area contributed by atoms with Gasteiger partial charge in [0.1, 0.15) is 0 Å². The number of allylic oxidation sites excluding steroid dienone is 2. The molecule has 0 aromatic heterocycles. The SMILES string of the molecule is CC1(C)CC(NC(=S)N(C[C@H]2CC=CCC2)C[C@@H]2CCCO2)CC(C)(C)N1. The predicted molar refractivity (Wildman–Crippen MR) is 117 cm³/mol. The fraction of sp³-hybridized carbons (Fsp3) is 0.864. The Kier molecular flexibility index (Phi) is 6.86. The Bertz CT molecular complexity index is 524. The fourth-order valence-electron chi connectivity index (χ4n) is 5.30. The van der Waals surface area contributed by atoms with E-state index in [1.165, 1.54) is 25.7 Å². The first-order valence-electron chi connectivity index (χ1n) is 10.8. The fourth-order valence-corrected chi connectivity index (χ4v) is 5.61. The number of nitrogens with zero attached hydrogens (tertiary/aromatic N) is 1. The Hall–Kier alpha value is -0.650. The number of ether oxygens (including phenoxy) is 1. The van der Waals surface area contributed by atoms with Crippen molar-refractivity contribution in [1.82, 2.24) is 15.5 Å². The maximum absolute atomic E-state index is 5.93. The Morgan fingerprint density at radius 1 is 1.15 bits per heavy atom. The third kappa shape index (κ3) is 6.43. The molecule has 0 radical (unpaired) electrons. The molecule has 0 amide bonds. The van der Waals surface area contributed by atoms with Crippen LogP contribution in [-0.4, -0.2) is 52.9 Å². The summed E-state index contributed by atoms with van der Waals surface area (Å²) in [5, 5.41) is 8.43. The van der Waals surface area contributed by atoms with Gasteiger partial charge in [-0.3, -0.25) is 0 Å². The van der Waals surface area contributed by atoms with Crippen molar-refractivity contribution in [2.24, 2.45) is 5.92 Å². The highest BCUT2D eigenvalue weighted by molar-refractivity contribution is 7.80. The molecule has 2 heterocycles. The Balaban J connectivity index is 1.63. The molecule has 2 atom stereocenters. The molecule has 5 heteroatoms. The van der Waals surface area contributed by atoms with Crippen molar-refractivity contribution in [3.8, 4) is 0 Å². The molecule has 2 fully saturated rings. The molecule has 2 saturated heterocycles. The summed E-state index contributed by atoms with van der Waals surface area (Å²) in [7, 11) is 0. The first-order chi connectivity index (χ1) is 12.7. The third-order valence-corrected chi connectivity index (χ3v) is 6.49. The highest BCUT2D eigenvalue weighted by Gasteiger charge is 2.38. The molecule has 27 heavy (non-hydrogen) atoms. The van der Waals surface area contributed by atoms with E-state index in [0.29, 0.717) is 18.1 Å². The molecule has 0 unspecified atom stereocenters. The molecule has 0 spiro atoms. The van der Waals surface area contributed by atoms with Gasteiger partial charge in [-0.05, 0) is 90.8 Å². The molecular formula is C22H39N3OS. The lowest BCUT2D eigenvalue weighted by molar-refractivity contribution is 0.0863. The summed E-state index contributed by atoms with van der Waals surface area (Å²) in [6.07, 6.45) is 13.2. The van der Waals surface area contributed by atoms with Gasteiger partial charge >= 0.3 is 0 Å². The summed E-state index contributed by atoms with van der Waals surface area (Å²) in [6, 6.07) is 0.419. The Morgan fingerprint density at radius 3 is 2.48 bits per heavy atom. The summed E-state index contributed by atoms with van der Waals surface area (Å²) in [5.41, 5.74) is 0.255. The first-order valence-corrected chi connectivity index (χ1v) is 11.2. The van der Waals surface area contributed by atoms with Gasteiger partial charge < -0.3 is 20.3 Å². The van der Waals surface area contributed by atoms with E-state index in [2.05, 4.69) is 55.4 Å². The maximum atomic E-state index is 5.93. The number of hydrogen-bond acceptors (Lipinski definition) is 3. The number of rotatable bonds is 5. The average Bonchev–Trinajstić information content (AvgIpc) is 3.05. The van der Waals surface area contributed by atoms with Crippen LogP contribution in [-0.2, 0) is 4.74 Å². The molecule has 0 aromatic rings. The van der Waals surface area contributed by atoms with Crippen LogP contribution in [0.25, 0.3) is 0 Å². The van der Waals surface area contributed by atoms with Crippen molar-refractivity contribution in [3.05, 3.63) is 12.2 Å². The normalized spacial score (nSPS) is 30.2. The highest BCUT2D eigenvalue weighted by Crippen LogP contribution is 2.29. The van der Waals surface area contributed by atoms with Gasteiger partial charge in [0.2, 0.25) is 0 Å². The topological polar surface area (TPSA) is 36.5 Å². The van der Waals surface area contributed by atoms with E-state index in [1.807, 2.05) is 0 Å². The van der Waals surface area contributed by atoms with Crippen LogP contribution in [0.1, 0.15) is 72.6 Å². The van der Waals surface area contributed by atoms with Gasteiger partial charge in [-0.15, -0.1) is 0 Å². The van der Waals surface area contributed by atoms with E-state index in [4.69, 9.17) is 17.0 Å². The van der Waals surface area contributed by atoms with Crippen LogP contribution in [0.5, 0.6) is 0 Å². The monoisotopic (exact) mass is 393 g/mol. The number of hydrogen-bond donors (Lipinski definition) is 2. The second-order valence-corrected chi connectivity index (χ2v) is 10.5. The number of nitrogens with one attached hydrogen (secondary N) is 2. The lowest BCUT2D eigenvalue weighted by Crippen LogP contribution is -2.63. The van der Waals surface area contributed by atoms with Crippen LogP contribution in [0.4, 0.5) is 0 Å². The molecule has 0 aromatic carbocycles. The smallest absolute Gasteiger partial charge is 0.169 e. The molecule has 2 aliphatic heterocycles. The highest BCUT2D eigenvalue weighted by atomic mass is 32.1. The second-order valence-electron chi connectivity index (χ2n) is 10.1. The van der Waals surface area contributed by atoms with Crippen molar-refractivity contribution in [1.29, 1.82) is 0 Å². The molecule has 3 rings (SSSR count). The molecule has 2 N–H and O–H groups in total. The molecule has 1 aliphatic carbocycles. The van der Waals surface area contributed by atoms with Crippen LogP contribution in [0.15, 0.2) is 12.2 Å². The van der Waals surface area contributed by atoms with Crippen LogP contribution in [0.3, 0.4) is 0 Å². The quantitative estimate of drug-likeness (QED) is 0.545. The Morgan fingerprint density at radius 2 is 1.89 bits per heavy atom. The summed E-state index contributed by atoms with van der Waals surface area (Å²) in [6.45, 7) is 12.1. The first kappa shape index (κ1) is 21.1. The van der Waals surface area contributed by atoms with Crippen LogP contribution < -0.4 is 10.6 Å². The number of thiocarbonyl (C=S) groups is 1. The van der Waals surface area contributed by atoms with Crippen molar-refractivity contribution in [2.45, 2.75) is 95.9 Å². The van der Waals surface area contributed by atoms with Gasteiger partial charge in [0, 0.05) is 36.8 Å².